The first-order valence-corrected chi connectivity index (χ1v) is 3.49. The predicted octanol–water partition coefficient (Wildman–Crippen LogP) is 1.28. The van der Waals surface area contributed by atoms with Crippen LogP contribution in [-0.2, 0) is 0 Å². The fourth-order valence-electron chi connectivity index (χ4n) is 0.817. The molecular weight excluding hydrogens is 154 g/mol. The molecule has 0 aliphatic rings. The van der Waals surface area contributed by atoms with E-state index in [2.05, 4.69) is 4.99 Å². The van der Waals surface area contributed by atoms with E-state index in [9.17, 15) is 4.79 Å². The number of phenols is 1. The van der Waals surface area contributed by atoms with E-state index in [1.165, 1.54) is 25.4 Å². The van der Waals surface area contributed by atoms with Gasteiger partial charge in [-0.25, -0.2) is 0 Å². The summed E-state index contributed by atoms with van der Waals surface area (Å²) in [7, 11) is 1.54. The number of carbonyl (C=O) groups is 1. The van der Waals surface area contributed by atoms with Crippen molar-refractivity contribution < 1.29 is 9.90 Å². The lowest BCUT2D eigenvalue weighted by Gasteiger charge is -1.94. The van der Waals surface area contributed by atoms with Gasteiger partial charge < -0.3 is 5.11 Å². The Balaban J connectivity index is 2.90. The number of hydrogen-bond donors (Lipinski definition) is 1. The van der Waals surface area contributed by atoms with Crippen molar-refractivity contribution in [1.29, 1.82) is 0 Å². The molecule has 0 aliphatic heterocycles. The van der Waals surface area contributed by atoms with Crippen LogP contribution in [0.2, 0.25) is 0 Å². The van der Waals surface area contributed by atoms with Gasteiger partial charge in [0, 0.05) is 12.6 Å². The van der Waals surface area contributed by atoms with Crippen molar-refractivity contribution in [2.45, 2.75) is 0 Å². The maximum Gasteiger partial charge on any atom is 0.203 e. The summed E-state index contributed by atoms with van der Waals surface area (Å²) < 4.78 is 0. The second kappa shape index (κ2) is 3.67. The Morgan fingerprint density at radius 3 is 2.50 bits per heavy atom. The third-order valence-corrected chi connectivity index (χ3v) is 1.40. The van der Waals surface area contributed by atoms with E-state index in [0.717, 1.165) is 0 Å². The van der Waals surface area contributed by atoms with Crippen LogP contribution < -0.4 is 0 Å². The molecule has 0 atom stereocenters. The lowest BCUT2D eigenvalue weighted by molar-refractivity contribution is 0.107. The van der Waals surface area contributed by atoms with Crippen LogP contribution in [0.15, 0.2) is 29.3 Å². The number of rotatable bonds is 2. The maximum atomic E-state index is 11.1. The molecule has 0 saturated carbocycles. The zero-order valence-corrected chi connectivity index (χ0v) is 6.69. The number of aliphatic imine (C=N–C) groups is 1. The van der Waals surface area contributed by atoms with E-state index in [4.69, 9.17) is 5.11 Å². The summed E-state index contributed by atoms with van der Waals surface area (Å²) in [4.78, 5) is 14.7. The van der Waals surface area contributed by atoms with Crippen LogP contribution in [-0.4, -0.2) is 24.2 Å². The summed E-state index contributed by atoms with van der Waals surface area (Å²) in [5.74, 6) is -0.00233. The van der Waals surface area contributed by atoms with E-state index in [1.807, 2.05) is 0 Å². The van der Waals surface area contributed by atoms with Gasteiger partial charge in [-0.1, -0.05) is 0 Å². The first-order chi connectivity index (χ1) is 5.74. The molecule has 0 heterocycles. The highest BCUT2D eigenvalue weighted by molar-refractivity contribution is 6.35. The number of benzene rings is 1. The lowest BCUT2D eigenvalue weighted by atomic mass is 10.1. The van der Waals surface area contributed by atoms with E-state index in [1.54, 1.807) is 12.1 Å². The van der Waals surface area contributed by atoms with Gasteiger partial charge in [0.25, 0.3) is 0 Å². The van der Waals surface area contributed by atoms with Gasteiger partial charge in [-0.2, -0.15) is 0 Å². The van der Waals surface area contributed by atoms with E-state index in [-0.39, 0.29) is 11.5 Å². The van der Waals surface area contributed by atoms with Gasteiger partial charge in [-0.3, -0.25) is 9.79 Å². The summed E-state index contributed by atoms with van der Waals surface area (Å²) in [6.07, 6.45) is 1.24. The van der Waals surface area contributed by atoms with Gasteiger partial charge in [0.05, 0.1) is 6.21 Å². The number of phenolic OH excluding ortho intramolecular Hbond substituents is 1. The van der Waals surface area contributed by atoms with Crippen molar-refractivity contribution in [3.63, 3.8) is 0 Å². The molecule has 0 bridgehead atoms. The average molecular weight is 163 g/mol. The SMILES string of the molecule is CN=CC(=O)c1ccc(O)cc1. The second-order valence-corrected chi connectivity index (χ2v) is 2.30. The highest BCUT2D eigenvalue weighted by atomic mass is 16.3. The van der Waals surface area contributed by atoms with Crippen LogP contribution in [0.25, 0.3) is 0 Å². The molecule has 1 rings (SSSR count). The smallest absolute Gasteiger partial charge is 0.203 e. The zero-order chi connectivity index (χ0) is 8.97. The summed E-state index contributed by atoms with van der Waals surface area (Å²) in [5, 5.41) is 8.92. The van der Waals surface area contributed by atoms with Gasteiger partial charge in [-0.15, -0.1) is 0 Å². The quantitative estimate of drug-likeness (QED) is 0.527. The minimum absolute atomic E-state index is 0.153. The van der Waals surface area contributed by atoms with E-state index < -0.39 is 0 Å². The molecule has 0 amide bonds. The summed E-state index contributed by atoms with van der Waals surface area (Å²) in [6.45, 7) is 0. The minimum atomic E-state index is -0.155. The molecule has 0 spiro atoms. The van der Waals surface area contributed by atoms with Crippen LogP contribution in [0.1, 0.15) is 10.4 Å². The zero-order valence-electron chi connectivity index (χ0n) is 6.69. The monoisotopic (exact) mass is 163 g/mol. The standard InChI is InChI=1S/C9H9NO2/c1-10-6-9(12)7-2-4-8(11)5-3-7/h2-6,11H,1H3. The number of nitrogens with zero attached hydrogens (tertiary/aromatic N) is 1. The third kappa shape index (κ3) is 1.92. The van der Waals surface area contributed by atoms with Crippen LogP contribution in [0, 0.1) is 0 Å². The Kier molecular flexibility index (Phi) is 2.58. The molecule has 0 aliphatic carbocycles. The van der Waals surface area contributed by atoms with Gasteiger partial charge >= 0.3 is 0 Å². The fourth-order valence-corrected chi connectivity index (χ4v) is 0.817. The molecule has 3 nitrogen and oxygen atoms in total. The summed E-state index contributed by atoms with van der Waals surface area (Å²) in [6, 6.07) is 6.05. The van der Waals surface area contributed by atoms with Crippen molar-refractivity contribution in [3.05, 3.63) is 29.8 Å². The second-order valence-electron chi connectivity index (χ2n) is 2.30. The summed E-state index contributed by atoms with van der Waals surface area (Å²) in [5.41, 5.74) is 0.526. The van der Waals surface area contributed by atoms with E-state index in [0.29, 0.717) is 5.56 Å². The number of aromatic hydroxyl groups is 1. The first-order valence-electron chi connectivity index (χ1n) is 3.49. The molecule has 0 aromatic heterocycles. The van der Waals surface area contributed by atoms with Crippen molar-refractivity contribution in [3.8, 4) is 5.75 Å². The van der Waals surface area contributed by atoms with Crippen LogP contribution in [0.5, 0.6) is 5.75 Å². The fraction of sp³-hybridized carbons (Fsp3) is 0.111. The lowest BCUT2D eigenvalue weighted by Crippen LogP contribution is -1.98. The van der Waals surface area contributed by atoms with Gasteiger partial charge in [0.1, 0.15) is 5.75 Å². The number of hydrogen-bond acceptors (Lipinski definition) is 3. The van der Waals surface area contributed by atoms with Crippen molar-refractivity contribution in [2.75, 3.05) is 7.05 Å². The van der Waals surface area contributed by atoms with Crippen LogP contribution >= 0.6 is 0 Å². The van der Waals surface area contributed by atoms with E-state index >= 15 is 0 Å². The molecule has 0 fully saturated rings. The van der Waals surface area contributed by atoms with Gasteiger partial charge in [0.2, 0.25) is 5.78 Å². The molecule has 1 aromatic rings. The third-order valence-electron chi connectivity index (χ3n) is 1.40. The van der Waals surface area contributed by atoms with Crippen molar-refractivity contribution in [2.24, 2.45) is 4.99 Å². The molecule has 3 heteroatoms. The molecule has 12 heavy (non-hydrogen) atoms. The Morgan fingerprint density at radius 1 is 1.42 bits per heavy atom. The highest BCUT2D eigenvalue weighted by Crippen LogP contribution is 2.09. The van der Waals surface area contributed by atoms with Crippen LogP contribution in [0.3, 0.4) is 0 Å². The van der Waals surface area contributed by atoms with Crippen molar-refractivity contribution in [1.82, 2.24) is 0 Å². The normalized spacial score (nSPS) is 10.4. The Labute approximate surface area is 70.4 Å². The molecule has 0 unspecified atom stereocenters. The predicted molar refractivity (Wildman–Crippen MR) is 46.9 cm³/mol. The molecular formula is C9H9NO2. The van der Waals surface area contributed by atoms with Gasteiger partial charge in [0.15, 0.2) is 0 Å². The van der Waals surface area contributed by atoms with Crippen molar-refractivity contribution >= 4 is 12.0 Å². The average Bonchev–Trinajstić information content (AvgIpc) is 2.06. The Hall–Kier alpha value is -1.64. The minimum Gasteiger partial charge on any atom is -0.508 e. The molecule has 0 saturated heterocycles. The molecule has 1 aromatic carbocycles. The molecule has 0 radical (unpaired) electrons. The molecule has 62 valence electrons. The van der Waals surface area contributed by atoms with Crippen LogP contribution in [0.4, 0.5) is 0 Å². The molecule has 1 N–H and O–H groups in total. The Bertz CT molecular complexity index is 301. The first kappa shape index (κ1) is 8.46. The largest absolute Gasteiger partial charge is 0.508 e. The Morgan fingerprint density at radius 2 is 2.00 bits per heavy atom. The number of Topliss-reactive ketones (excluding diaryl/α,β-unsaturated/α-hetero) is 1. The maximum absolute atomic E-state index is 11.1. The highest BCUT2D eigenvalue weighted by Gasteiger charge is 2.00. The number of ketones is 1. The topological polar surface area (TPSA) is 49.7 Å². The van der Waals surface area contributed by atoms with Gasteiger partial charge in [-0.05, 0) is 24.3 Å². The number of carbonyl (C=O) groups excluding carboxylic acids is 1. The summed E-state index contributed by atoms with van der Waals surface area (Å²) >= 11 is 0.